The summed E-state index contributed by atoms with van der Waals surface area (Å²) < 4.78 is 5.32. The summed E-state index contributed by atoms with van der Waals surface area (Å²) in [7, 11) is 0. The lowest BCUT2D eigenvalue weighted by atomic mass is 10.0. The van der Waals surface area contributed by atoms with Gasteiger partial charge in [-0.1, -0.05) is 24.3 Å². The van der Waals surface area contributed by atoms with Gasteiger partial charge in [-0.25, -0.2) is 5.84 Å². The molecule has 1 fully saturated rings. The van der Waals surface area contributed by atoms with Crippen LogP contribution in [0, 0.1) is 0 Å². The first-order valence-electron chi connectivity index (χ1n) is 13.3. The van der Waals surface area contributed by atoms with E-state index in [1.54, 1.807) is 18.6 Å². The molecular formula is C29H37N7O4. The maximum absolute atomic E-state index is 12.3. The Morgan fingerprint density at radius 1 is 1.02 bits per heavy atom. The number of anilines is 1. The van der Waals surface area contributed by atoms with E-state index in [4.69, 9.17) is 16.3 Å². The fourth-order valence-corrected chi connectivity index (χ4v) is 4.44. The molecule has 2 aromatic heterocycles. The van der Waals surface area contributed by atoms with Crippen molar-refractivity contribution < 1.29 is 19.7 Å². The lowest BCUT2D eigenvalue weighted by Gasteiger charge is -2.30. The lowest BCUT2D eigenvalue weighted by Crippen LogP contribution is -2.52. The number of aliphatic hydroxyl groups excluding tert-OH is 2. The Morgan fingerprint density at radius 3 is 2.27 bits per heavy atom. The zero-order valence-electron chi connectivity index (χ0n) is 22.3. The van der Waals surface area contributed by atoms with E-state index in [0.29, 0.717) is 44.7 Å². The van der Waals surface area contributed by atoms with E-state index in [2.05, 4.69) is 20.2 Å². The average Bonchev–Trinajstić information content (AvgIpc) is 2.95. The first-order valence-corrected chi connectivity index (χ1v) is 13.3. The van der Waals surface area contributed by atoms with Gasteiger partial charge in [-0.3, -0.25) is 24.7 Å². The Morgan fingerprint density at radius 2 is 1.68 bits per heavy atom. The largest absolute Gasteiger partial charge is 0.400 e. The standard InChI is InChI=1S/C29H37N7O4/c30-22(17-35(19-23-5-1-3-13-32-23)20-24-6-2-4-14-33-24)18-36(31)25-9-7-21(8-10-25)11-15-34-29(39)28-27(38)26(37)12-16-40-28/h1-10,13-14,18,26-28,37-38H,11-12,15-17,19-20,30-31H2,(H,34,39)/b22-18-/t26-,27-,28+/m1/s1. The Balaban J connectivity index is 1.30. The second kappa shape index (κ2) is 14.5. The van der Waals surface area contributed by atoms with E-state index in [0.717, 1.165) is 22.6 Å². The number of pyridine rings is 2. The van der Waals surface area contributed by atoms with Gasteiger partial charge in [0.25, 0.3) is 5.91 Å². The van der Waals surface area contributed by atoms with Crippen molar-refractivity contribution in [3.8, 4) is 0 Å². The minimum atomic E-state index is -1.22. The van der Waals surface area contributed by atoms with Crippen molar-refractivity contribution in [2.45, 2.75) is 44.2 Å². The molecule has 0 bridgehead atoms. The summed E-state index contributed by atoms with van der Waals surface area (Å²) in [5.74, 6) is 5.86. The lowest BCUT2D eigenvalue weighted by molar-refractivity contribution is -0.162. The van der Waals surface area contributed by atoms with Gasteiger partial charge in [0.2, 0.25) is 0 Å². The van der Waals surface area contributed by atoms with Crippen LogP contribution in [0.4, 0.5) is 5.69 Å². The van der Waals surface area contributed by atoms with Crippen molar-refractivity contribution in [1.29, 1.82) is 0 Å². The van der Waals surface area contributed by atoms with E-state index in [1.165, 1.54) is 5.01 Å². The van der Waals surface area contributed by atoms with E-state index in [1.807, 2.05) is 60.7 Å². The van der Waals surface area contributed by atoms with E-state index in [-0.39, 0.29) is 6.61 Å². The van der Waals surface area contributed by atoms with Crippen LogP contribution in [0.5, 0.6) is 0 Å². The molecule has 40 heavy (non-hydrogen) atoms. The van der Waals surface area contributed by atoms with E-state index in [9.17, 15) is 15.0 Å². The maximum atomic E-state index is 12.3. The van der Waals surface area contributed by atoms with Crippen LogP contribution in [0.25, 0.3) is 0 Å². The number of amides is 1. The Kier molecular flexibility index (Phi) is 10.6. The van der Waals surface area contributed by atoms with Crippen LogP contribution in [-0.2, 0) is 29.0 Å². The first kappa shape index (κ1) is 29.1. The normalized spacial score (nSPS) is 19.4. The van der Waals surface area contributed by atoms with Gasteiger partial charge in [0.15, 0.2) is 6.10 Å². The second-order valence-electron chi connectivity index (χ2n) is 9.74. The van der Waals surface area contributed by atoms with Gasteiger partial charge in [-0.2, -0.15) is 0 Å². The molecule has 4 rings (SSSR count). The second-order valence-corrected chi connectivity index (χ2v) is 9.74. The van der Waals surface area contributed by atoms with Gasteiger partial charge in [0.1, 0.15) is 6.10 Å². The molecule has 1 saturated heterocycles. The minimum absolute atomic E-state index is 0.235. The highest BCUT2D eigenvalue weighted by molar-refractivity contribution is 5.81. The maximum Gasteiger partial charge on any atom is 0.251 e. The highest BCUT2D eigenvalue weighted by Gasteiger charge is 2.36. The molecule has 1 aliphatic heterocycles. The number of carbonyl (C=O) groups is 1. The van der Waals surface area contributed by atoms with Crippen molar-refractivity contribution in [2.75, 3.05) is 24.7 Å². The Bertz CT molecular complexity index is 1190. The zero-order chi connectivity index (χ0) is 28.3. The summed E-state index contributed by atoms with van der Waals surface area (Å²) in [4.78, 5) is 23.3. The van der Waals surface area contributed by atoms with Gasteiger partial charge in [-0.05, 0) is 54.8 Å². The van der Waals surface area contributed by atoms with Crippen molar-refractivity contribution in [3.63, 3.8) is 0 Å². The summed E-state index contributed by atoms with van der Waals surface area (Å²) >= 11 is 0. The highest BCUT2D eigenvalue weighted by Crippen LogP contribution is 2.16. The Hall–Kier alpha value is -3.87. The van der Waals surface area contributed by atoms with Crippen LogP contribution in [-0.4, -0.2) is 69.0 Å². The molecular weight excluding hydrogens is 510 g/mol. The number of nitrogens with zero attached hydrogens (tertiary/aromatic N) is 4. The molecule has 3 heterocycles. The number of ether oxygens (including phenoxy) is 1. The number of nitrogens with two attached hydrogens (primary N) is 2. The number of aliphatic hydroxyl groups is 2. The third-order valence-electron chi connectivity index (χ3n) is 6.56. The fourth-order valence-electron chi connectivity index (χ4n) is 4.44. The predicted molar refractivity (Wildman–Crippen MR) is 151 cm³/mol. The van der Waals surface area contributed by atoms with Gasteiger partial charge in [-0.15, -0.1) is 0 Å². The quantitative estimate of drug-likeness (QED) is 0.162. The molecule has 0 spiro atoms. The third-order valence-corrected chi connectivity index (χ3v) is 6.56. The monoisotopic (exact) mass is 547 g/mol. The summed E-state index contributed by atoms with van der Waals surface area (Å²) in [6, 6.07) is 19.3. The van der Waals surface area contributed by atoms with Crippen molar-refractivity contribution in [3.05, 3.63) is 102 Å². The van der Waals surface area contributed by atoms with Gasteiger partial charge in [0, 0.05) is 50.5 Å². The summed E-state index contributed by atoms with van der Waals surface area (Å²) in [6.45, 7) is 2.28. The molecule has 1 amide bonds. The van der Waals surface area contributed by atoms with Gasteiger partial charge < -0.3 is 26.0 Å². The topological polar surface area (TPSA) is 163 Å². The van der Waals surface area contributed by atoms with Crippen LogP contribution in [0.1, 0.15) is 23.4 Å². The molecule has 1 aromatic carbocycles. The molecule has 11 heteroatoms. The smallest absolute Gasteiger partial charge is 0.251 e. The number of nitrogens with one attached hydrogen (secondary N) is 1. The number of hydrazine groups is 1. The van der Waals surface area contributed by atoms with E-state index < -0.39 is 24.2 Å². The highest BCUT2D eigenvalue weighted by atomic mass is 16.5. The van der Waals surface area contributed by atoms with Crippen molar-refractivity contribution >= 4 is 11.6 Å². The molecule has 0 unspecified atom stereocenters. The summed E-state index contributed by atoms with van der Waals surface area (Å²) in [6.07, 6.45) is 2.90. The molecule has 1 aliphatic rings. The molecule has 3 atom stereocenters. The summed E-state index contributed by atoms with van der Waals surface area (Å²) in [5.41, 5.74) is 10.6. The number of benzene rings is 1. The predicted octanol–water partition coefficient (Wildman–Crippen LogP) is 0.829. The molecule has 0 aliphatic carbocycles. The molecule has 0 radical (unpaired) electrons. The molecule has 3 aromatic rings. The number of rotatable bonds is 12. The van der Waals surface area contributed by atoms with Crippen LogP contribution >= 0.6 is 0 Å². The van der Waals surface area contributed by atoms with Crippen LogP contribution in [0.15, 0.2) is 85.0 Å². The van der Waals surface area contributed by atoms with Crippen LogP contribution in [0.3, 0.4) is 0 Å². The number of hydrogen-bond donors (Lipinski definition) is 5. The van der Waals surface area contributed by atoms with Crippen LogP contribution in [0.2, 0.25) is 0 Å². The minimum Gasteiger partial charge on any atom is -0.400 e. The first-order chi connectivity index (χ1) is 19.4. The third kappa shape index (κ3) is 8.57. The van der Waals surface area contributed by atoms with Crippen molar-refractivity contribution in [2.24, 2.45) is 11.6 Å². The van der Waals surface area contributed by atoms with E-state index >= 15 is 0 Å². The van der Waals surface area contributed by atoms with Crippen LogP contribution < -0.4 is 21.9 Å². The molecule has 11 nitrogen and oxygen atoms in total. The number of hydrogen-bond acceptors (Lipinski definition) is 10. The molecule has 212 valence electrons. The number of aromatic nitrogens is 2. The fraction of sp³-hybridized carbons (Fsp3) is 0.345. The zero-order valence-corrected chi connectivity index (χ0v) is 22.3. The molecule has 0 saturated carbocycles. The van der Waals surface area contributed by atoms with Gasteiger partial charge >= 0.3 is 0 Å². The average molecular weight is 548 g/mol. The SMILES string of the molecule is N/C(=C\N(N)c1ccc(CCNC(=O)[C@H]2OCC[C@@H](O)[C@H]2O)cc1)CN(Cc1ccccn1)Cc1ccccn1. The Labute approximate surface area is 234 Å². The van der Waals surface area contributed by atoms with Crippen molar-refractivity contribution in [1.82, 2.24) is 20.2 Å². The molecule has 7 N–H and O–H groups in total. The summed E-state index contributed by atoms with van der Waals surface area (Å²) in [5, 5.41) is 24.0. The van der Waals surface area contributed by atoms with Gasteiger partial charge in [0.05, 0.1) is 29.8 Å². The number of carbonyl (C=O) groups excluding carboxylic acids is 1.